The average Bonchev–Trinajstić information content (AvgIpc) is 3.56. The lowest BCUT2D eigenvalue weighted by Crippen LogP contribution is -2.37. The summed E-state index contributed by atoms with van der Waals surface area (Å²) < 4.78 is 1.51. The largest absolute Gasteiger partial charge is 0.352 e. The molecule has 1 saturated carbocycles. The van der Waals surface area contributed by atoms with Gasteiger partial charge in [-0.05, 0) is 78.4 Å². The number of carbonyl (C=O) groups is 2. The van der Waals surface area contributed by atoms with E-state index in [4.69, 9.17) is 23.2 Å². The summed E-state index contributed by atoms with van der Waals surface area (Å²) in [7, 11) is 0. The fourth-order valence-corrected chi connectivity index (χ4v) is 4.63. The molecule has 1 fully saturated rings. The number of hydrogen-bond donors (Lipinski definition) is 2. The van der Waals surface area contributed by atoms with E-state index in [1.165, 1.54) is 16.4 Å². The molecule has 0 bridgehead atoms. The highest BCUT2D eigenvalue weighted by Gasteiger charge is 2.31. The molecular formula is C28H30Cl2N6O2S. The molecule has 1 aromatic heterocycles. The first kappa shape index (κ1) is 28.9. The van der Waals surface area contributed by atoms with Gasteiger partial charge >= 0.3 is 0 Å². The van der Waals surface area contributed by atoms with Crippen molar-refractivity contribution in [3.8, 4) is 17.5 Å². The third-order valence-electron chi connectivity index (χ3n) is 6.06. The van der Waals surface area contributed by atoms with Crippen LogP contribution < -0.4 is 10.6 Å². The Labute approximate surface area is 242 Å². The third-order valence-corrected chi connectivity index (χ3v) is 7.59. The first-order valence-corrected chi connectivity index (χ1v) is 14.2. The normalized spacial score (nSPS) is 13.4. The van der Waals surface area contributed by atoms with Gasteiger partial charge in [0.1, 0.15) is 5.41 Å². The topological polar surface area (TPSA) is 102 Å². The Bertz CT molecular complexity index is 1460. The number of thioether (sulfide) groups is 1. The molecule has 1 aliphatic carbocycles. The van der Waals surface area contributed by atoms with Crippen molar-refractivity contribution in [1.29, 1.82) is 0 Å². The van der Waals surface area contributed by atoms with Crippen LogP contribution in [0.5, 0.6) is 0 Å². The van der Waals surface area contributed by atoms with Crippen LogP contribution in [-0.4, -0.2) is 43.8 Å². The van der Waals surface area contributed by atoms with E-state index < -0.39 is 5.41 Å². The quantitative estimate of drug-likeness (QED) is 0.274. The van der Waals surface area contributed by atoms with E-state index in [0.29, 0.717) is 32.1 Å². The van der Waals surface area contributed by atoms with E-state index in [2.05, 4.69) is 58.8 Å². The van der Waals surface area contributed by atoms with Gasteiger partial charge in [0.2, 0.25) is 17.0 Å². The van der Waals surface area contributed by atoms with Crippen LogP contribution >= 0.6 is 35.0 Å². The van der Waals surface area contributed by atoms with Gasteiger partial charge in [0.15, 0.2) is 0 Å². The van der Waals surface area contributed by atoms with Crippen molar-refractivity contribution in [2.75, 3.05) is 11.1 Å². The maximum atomic E-state index is 12.7. The standard InChI is InChI=1S/C28H30Cl2N6O2S/c1-27(2,3)18-7-11-23(21(30)15-18)36-26(33-34-35-36)39-16-24(37)32-22-10-6-17(14-20(22)29)12-13-28(4,5)25(38)31-19-8-9-19/h6-7,10-11,14-15,19H,8-9,16H2,1-5H3,(H,31,38)(H,32,37). The fourth-order valence-electron chi connectivity index (χ4n) is 3.45. The number of amides is 2. The van der Waals surface area contributed by atoms with Gasteiger partial charge in [-0.1, -0.05) is 73.6 Å². The molecule has 1 heterocycles. The number of halogens is 2. The summed E-state index contributed by atoms with van der Waals surface area (Å²) in [5, 5.41) is 18.9. The number of aromatic nitrogens is 4. The number of tetrazole rings is 1. The number of carbonyl (C=O) groups excluding carboxylic acids is 2. The van der Waals surface area contributed by atoms with Crippen LogP contribution in [0.4, 0.5) is 5.69 Å². The molecule has 0 unspecified atom stereocenters. The smallest absolute Gasteiger partial charge is 0.237 e. The van der Waals surface area contributed by atoms with Crippen LogP contribution in [0, 0.1) is 17.3 Å². The lowest BCUT2D eigenvalue weighted by atomic mass is 9.87. The van der Waals surface area contributed by atoms with Crippen LogP contribution in [0.3, 0.4) is 0 Å². The first-order chi connectivity index (χ1) is 18.3. The number of hydrogen-bond acceptors (Lipinski definition) is 6. The van der Waals surface area contributed by atoms with Crippen LogP contribution in [0.1, 0.15) is 58.6 Å². The van der Waals surface area contributed by atoms with E-state index in [0.717, 1.165) is 18.4 Å². The molecule has 0 saturated heterocycles. The predicted molar refractivity (Wildman–Crippen MR) is 155 cm³/mol. The molecule has 3 aromatic rings. The molecule has 0 spiro atoms. The van der Waals surface area contributed by atoms with Gasteiger partial charge in [0.25, 0.3) is 0 Å². The van der Waals surface area contributed by atoms with Crippen molar-refractivity contribution in [2.45, 2.75) is 64.1 Å². The number of anilines is 1. The third kappa shape index (κ3) is 7.53. The van der Waals surface area contributed by atoms with Gasteiger partial charge in [-0.2, -0.15) is 4.68 Å². The summed E-state index contributed by atoms with van der Waals surface area (Å²) in [6.45, 7) is 9.91. The number of rotatable bonds is 7. The number of benzene rings is 2. The minimum absolute atomic E-state index is 0.0485. The maximum absolute atomic E-state index is 12.7. The van der Waals surface area contributed by atoms with Crippen LogP contribution in [0.15, 0.2) is 41.6 Å². The lowest BCUT2D eigenvalue weighted by molar-refractivity contribution is -0.126. The predicted octanol–water partition coefficient (Wildman–Crippen LogP) is 5.65. The highest BCUT2D eigenvalue weighted by atomic mass is 35.5. The van der Waals surface area contributed by atoms with E-state index >= 15 is 0 Å². The highest BCUT2D eigenvalue weighted by Crippen LogP contribution is 2.31. The monoisotopic (exact) mass is 584 g/mol. The van der Waals surface area contributed by atoms with Crippen molar-refractivity contribution in [3.05, 3.63) is 57.6 Å². The van der Waals surface area contributed by atoms with Gasteiger partial charge in [-0.25, -0.2) is 0 Å². The summed E-state index contributed by atoms with van der Waals surface area (Å²) >= 11 is 14.1. The van der Waals surface area contributed by atoms with Crippen LogP contribution in [0.2, 0.25) is 10.0 Å². The molecule has 4 rings (SSSR count). The van der Waals surface area contributed by atoms with Gasteiger partial charge in [-0.15, -0.1) is 5.10 Å². The average molecular weight is 586 g/mol. The van der Waals surface area contributed by atoms with Gasteiger partial charge in [-0.3, -0.25) is 9.59 Å². The number of nitrogens with one attached hydrogen (secondary N) is 2. The van der Waals surface area contributed by atoms with Crippen LogP contribution in [-0.2, 0) is 15.0 Å². The lowest BCUT2D eigenvalue weighted by Gasteiger charge is -2.20. The second-order valence-electron chi connectivity index (χ2n) is 10.9. The van der Waals surface area contributed by atoms with Crippen molar-refractivity contribution >= 4 is 52.5 Å². The van der Waals surface area contributed by atoms with E-state index in [9.17, 15) is 9.59 Å². The maximum Gasteiger partial charge on any atom is 0.237 e. The Hall–Kier alpha value is -3.06. The molecule has 2 aromatic carbocycles. The Morgan fingerprint density at radius 3 is 2.46 bits per heavy atom. The Balaban J connectivity index is 1.37. The minimum Gasteiger partial charge on any atom is -0.352 e. The fraction of sp³-hybridized carbons (Fsp3) is 0.393. The molecule has 8 nitrogen and oxygen atoms in total. The van der Waals surface area contributed by atoms with E-state index in [1.807, 2.05) is 18.2 Å². The molecular weight excluding hydrogens is 555 g/mol. The van der Waals surface area contributed by atoms with Crippen molar-refractivity contribution in [2.24, 2.45) is 5.41 Å². The van der Waals surface area contributed by atoms with E-state index in [1.54, 1.807) is 32.0 Å². The summed E-state index contributed by atoms with van der Waals surface area (Å²) in [5.41, 5.74) is 1.95. The summed E-state index contributed by atoms with van der Waals surface area (Å²) in [4.78, 5) is 25.1. The molecule has 0 radical (unpaired) electrons. The Morgan fingerprint density at radius 1 is 1.08 bits per heavy atom. The van der Waals surface area contributed by atoms with Crippen molar-refractivity contribution in [1.82, 2.24) is 25.5 Å². The zero-order valence-electron chi connectivity index (χ0n) is 22.4. The first-order valence-electron chi connectivity index (χ1n) is 12.5. The van der Waals surface area contributed by atoms with Gasteiger partial charge in [0, 0.05) is 11.6 Å². The zero-order chi connectivity index (χ0) is 28.4. The summed E-state index contributed by atoms with van der Waals surface area (Å²) in [5.74, 6) is 5.73. The Morgan fingerprint density at radius 2 is 1.82 bits per heavy atom. The van der Waals surface area contributed by atoms with Crippen LogP contribution in [0.25, 0.3) is 5.69 Å². The minimum atomic E-state index is -0.826. The zero-order valence-corrected chi connectivity index (χ0v) is 24.8. The highest BCUT2D eigenvalue weighted by molar-refractivity contribution is 7.99. The molecule has 0 atom stereocenters. The summed E-state index contributed by atoms with van der Waals surface area (Å²) in [6.07, 6.45) is 2.04. The van der Waals surface area contributed by atoms with Gasteiger partial charge in [0.05, 0.1) is 27.2 Å². The van der Waals surface area contributed by atoms with Crippen molar-refractivity contribution in [3.63, 3.8) is 0 Å². The molecule has 39 heavy (non-hydrogen) atoms. The number of nitrogens with zero attached hydrogens (tertiary/aromatic N) is 4. The summed E-state index contributed by atoms with van der Waals surface area (Å²) in [6, 6.07) is 11.1. The SMILES string of the molecule is CC(C)(C#Cc1ccc(NC(=O)CSc2nnnn2-c2ccc(C(C)(C)C)cc2Cl)c(Cl)c1)C(=O)NC1CC1. The van der Waals surface area contributed by atoms with Gasteiger partial charge < -0.3 is 10.6 Å². The molecule has 204 valence electrons. The molecule has 0 aliphatic heterocycles. The molecule has 2 amide bonds. The second-order valence-corrected chi connectivity index (χ2v) is 12.7. The molecule has 2 N–H and O–H groups in total. The molecule has 11 heteroatoms. The second kappa shape index (κ2) is 11.6. The van der Waals surface area contributed by atoms with Crippen molar-refractivity contribution < 1.29 is 9.59 Å². The van der Waals surface area contributed by atoms with E-state index in [-0.39, 0.29) is 29.0 Å². The Kier molecular flexibility index (Phi) is 8.60. The molecule has 1 aliphatic rings.